The number of carboxylic acid groups (broad SMARTS) is 2. The zero-order valence-electron chi connectivity index (χ0n) is 8.73. The fraction of sp³-hybridized carbons (Fsp3) is 0.111. The third-order valence-electron chi connectivity index (χ3n) is 1.47. The Balaban J connectivity index is 0.000000631. The summed E-state index contributed by atoms with van der Waals surface area (Å²) in [5, 5.41) is 17.1. The molecule has 0 atom stereocenters. The van der Waals surface area contributed by atoms with E-state index < -0.39 is 29.6 Å². The van der Waals surface area contributed by atoms with Gasteiger partial charge < -0.3 is 15.9 Å². The number of hydrogen-bond acceptors (Lipinski definition) is 2. The molecule has 0 saturated carbocycles. The fourth-order valence-corrected chi connectivity index (χ4v) is 0.955. The van der Waals surface area contributed by atoms with E-state index in [1.165, 1.54) is 12.1 Å². The van der Waals surface area contributed by atoms with Gasteiger partial charge >= 0.3 is 18.4 Å². The highest BCUT2D eigenvalue weighted by Gasteiger charge is 2.33. The Morgan fingerprint density at radius 2 is 1.61 bits per heavy atom. The molecule has 0 spiro atoms. The number of carbonyl (C=O) groups is 2. The van der Waals surface area contributed by atoms with Crippen molar-refractivity contribution in [2.75, 3.05) is 5.32 Å². The number of anilines is 1. The third-order valence-corrected chi connectivity index (χ3v) is 1.47. The summed E-state index contributed by atoms with van der Waals surface area (Å²) in [6.07, 6.45) is -7.42. The number of para-hydroxylation sites is 1. The lowest BCUT2D eigenvalue weighted by atomic mass is 10.2. The Morgan fingerprint density at radius 3 is 2.00 bits per heavy atom. The second kappa shape index (κ2) is 6.33. The smallest absolute Gasteiger partial charge is 0.418 e. The molecular formula is C9H9F3N2O4. The number of nitrogens with one attached hydrogen (secondary N) is 1. The third kappa shape index (κ3) is 6.20. The highest BCUT2D eigenvalue weighted by Crippen LogP contribution is 2.34. The maximum atomic E-state index is 12.3. The molecule has 0 bridgehead atoms. The molecule has 100 valence electrons. The Morgan fingerprint density at radius 1 is 1.17 bits per heavy atom. The largest absolute Gasteiger partial charge is 0.465 e. The first kappa shape index (κ1) is 15.6. The summed E-state index contributed by atoms with van der Waals surface area (Å²) in [7, 11) is 0. The Hall–Kier alpha value is -2.45. The second-order valence-corrected chi connectivity index (χ2v) is 2.81. The van der Waals surface area contributed by atoms with E-state index in [9.17, 15) is 18.0 Å². The van der Waals surface area contributed by atoms with Crippen LogP contribution >= 0.6 is 0 Å². The van der Waals surface area contributed by atoms with Gasteiger partial charge in [-0.25, -0.2) is 9.59 Å². The van der Waals surface area contributed by atoms with Crippen LogP contribution in [0.3, 0.4) is 0 Å². The molecule has 0 heterocycles. The molecule has 2 amide bonds. The molecule has 0 fully saturated rings. The van der Waals surface area contributed by atoms with Crippen molar-refractivity contribution in [2.45, 2.75) is 6.18 Å². The first-order chi connectivity index (χ1) is 8.14. The lowest BCUT2D eigenvalue weighted by Gasteiger charge is -2.11. The summed E-state index contributed by atoms with van der Waals surface area (Å²) in [6, 6.07) is 4.37. The van der Waals surface area contributed by atoms with Crippen LogP contribution in [-0.2, 0) is 6.18 Å². The van der Waals surface area contributed by atoms with E-state index in [0.717, 1.165) is 12.1 Å². The molecule has 18 heavy (non-hydrogen) atoms. The van der Waals surface area contributed by atoms with E-state index in [1.807, 2.05) is 0 Å². The van der Waals surface area contributed by atoms with Crippen LogP contribution in [0.2, 0.25) is 0 Å². The molecule has 0 unspecified atom stereocenters. The minimum atomic E-state index is -4.56. The summed E-state index contributed by atoms with van der Waals surface area (Å²) in [5.74, 6) is 0. The van der Waals surface area contributed by atoms with Crippen molar-refractivity contribution in [3.63, 3.8) is 0 Å². The van der Waals surface area contributed by atoms with E-state index >= 15 is 0 Å². The predicted molar refractivity (Wildman–Crippen MR) is 55.3 cm³/mol. The average molecular weight is 266 g/mol. The van der Waals surface area contributed by atoms with Gasteiger partial charge in [-0.2, -0.15) is 13.2 Å². The standard InChI is InChI=1S/C8H6F3NO2.CH3NO2/c9-8(10,11)5-3-1-2-4-6(5)12-7(13)14;2-1(3)4/h1-4,12H,(H,13,14);2H2,(H,3,4). The Bertz CT molecular complexity index is 430. The molecule has 0 aliphatic carbocycles. The van der Waals surface area contributed by atoms with Crippen molar-refractivity contribution in [1.29, 1.82) is 0 Å². The highest BCUT2D eigenvalue weighted by atomic mass is 19.4. The number of benzene rings is 1. The van der Waals surface area contributed by atoms with E-state index in [-0.39, 0.29) is 0 Å². The maximum absolute atomic E-state index is 12.3. The number of primary amides is 1. The first-order valence-electron chi connectivity index (χ1n) is 4.29. The average Bonchev–Trinajstić information content (AvgIpc) is 2.14. The zero-order chi connectivity index (χ0) is 14.3. The van der Waals surface area contributed by atoms with Crippen molar-refractivity contribution < 1.29 is 33.0 Å². The molecule has 0 aliphatic rings. The van der Waals surface area contributed by atoms with Crippen LogP contribution in [0.15, 0.2) is 24.3 Å². The van der Waals surface area contributed by atoms with Crippen LogP contribution in [-0.4, -0.2) is 22.4 Å². The van der Waals surface area contributed by atoms with Gasteiger partial charge in [0.1, 0.15) is 0 Å². The van der Waals surface area contributed by atoms with Crippen molar-refractivity contribution in [3.8, 4) is 0 Å². The monoisotopic (exact) mass is 266 g/mol. The van der Waals surface area contributed by atoms with Gasteiger partial charge in [-0.1, -0.05) is 12.1 Å². The molecule has 9 heteroatoms. The summed E-state index contributed by atoms with van der Waals surface area (Å²) in [6.45, 7) is 0. The Labute approximate surface area is 98.8 Å². The quantitative estimate of drug-likeness (QED) is 0.625. The van der Waals surface area contributed by atoms with Gasteiger partial charge in [-0.05, 0) is 12.1 Å². The molecule has 5 N–H and O–H groups in total. The van der Waals surface area contributed by atoms with E-state index in [4.69, 9.17) is 15.0 Å². The molecule has 6 nitrogen and oxygen atoms in total. The summed E-state index contributed by atoms with van der Waals surface area (Å²) < 4.78 is 36.8. The van der Waals surface area contributed by atoms with Gasteiger partial charge in [-0.3, -0.25) is 5.32 Å². The SMILES string of the molecule is NC(=O)O.O=C(O)Nc1ccccc1C(F)(F)F. The van der Waals surface area contributed by atoms with Gasteiger partial charge in [0.15, 0.2) is 0 Å². The molecule has 0 aliphatic heterocycles. The van der Waals surface area contributed by atoms with Gasteiger partial charge in [0, 0.05) is 0 Å². The van der Waals surface area contributed by atoms with Crippen molar-refractivity contribution in [1.82, 2.24) is 0 Å². The fourth-order valence-electron chi connectivity index (χ4n) is 0.955. The highest BCUT2D eigenvalue weighted by molar-refractivity contribution is 5.84. The number of halogens is 3. The molecular weight excluding hydrogens is 257 g/mol. The number of nitrogens with two attached hydrogens (primary N) is 1. The van der Waals surface area contributed by atoms with Crippen LogP contribution in [0, 0.1) is 0 Å². The number of rotatable bonds is 1. The number of hydrogen-bond donors (Lipinski definition) is 4. The van der Waals surface area contributed by atoms with E-state index in [2.05, 4.69) is 5.73 Å². The molecule has 1 rings (SSSR count). The van der Waals surface area contributed by atoms with E-state index in [0.29, 0.717) is 0 Å². The predicted octanol–water partition coefficient (Wildman–Crippen LogP) is 2.42. The topological polar surface area (TPSA) is 113 Å². The second-order valence-electron chi connectivity index (χ2n) is 2.81. The Kier molecular flexibility index (Phi) is 5.46. The molecule has 1 aromatic carbocycles. The molecule has 1 aromatic rings. The minimum Gasteiger partial charge on any atom is -0.465 e. The minimum absolute atomic E-state index is 0.465. The number of alkyl halides is 3. The maximum Gasteiger partial charge on any atom is 0.418 e. The summed E-state index contributed by atoms with van der Waals surface area (Å²) in [5.41, 5.74) is 2.56. The molecule has 0 saturated heterocycles. The summed E-state index contributed by atoms with van der Waals surface area (Å²) >= 11 is 0. The number of amides is 2. The van der Waals surface area contributed by atoms with Crippen molar-refractivity contribution >= 4 is 17.9 Å². The molecule has 0 radical (unpaired) electrons. The van der Waals surface area contributed by atoms with E-state index in [1.54, 1.807) is 5.32 Å². The van der Waals surface area contributed by atoms with Gasteiger partial charge in [0.25, 0.3) is 0 Å². The zero-order valence-corrected chi connectivity index (χ0v) is 8.73. The lowest BCUT2D eigenvalue weighted by Crippen LogP contribution is -2.14. The normalized spacial score (nSPS) is 9.94. The van der Waals surface area contributed by atoms with Crippen molar-refractivity contribution in [2.24, 2.45) is 5.73 Å². The van der Waals surface area contributed by atoms with Crippen LogP contribution < -0.4 is 11.1 Å². The lowest BCUT2D eigenvalue weighted by molar-refractivity contribution is -0.136. The van der Waals surface area contributed by atoms with Crippen molar-refractivity contribution in [3.05, 3.63) is 29.8 Å². The first-order valence-corrected chi connectivity index (χ1v) is 4.29. The van der Waals surface area contributed by atoms with Gasteiger partial charge in [0.2, 0.25) is 0 Å². The summed E-state index contributed by atoms with van der Waals surface area (Å²) in [4.78, 5) is 18.9. The van der Waals surface area contributed by atoms with Gasteiger partial charge in [0.05, 0.1) is 11.3 Å². The molecule has 0 aromatic heterocycles. The van der Waals surface area contributed by atoms with Crippen LogP contribution in [0.4, 0.5) is 28.4 Å². The van der Waals surface area contributed by atoms with Gasteiger partial charge in [-0.15, -0.1) is 0 Å². The van der Waals surface area contributed by atoms with Crippen LogP contribution in [0.25, 0.3) is 0 Å². The van der Waals surface area contributed by atoms with Crippen LogP contribution in [0.1, 0.15) is 5.56 Å². The van der Waals surface area contributed by atoms with Crippen LogP contribution in [0.5, 0.6) is 0 Å².